The zero-order chi connectivity index (χ0) is 28.5. The Labute approximate surface area is 226 Å². The van der Waals surface area contributed by atoms with Crippen LogP contribution in [0.15, 0.2) is 18.2 Å². The van der Waals surface area contributed by atoms with Crippen molar-refractivity contribution in [3.63, 3.8) is 0 Å². The van der Waals surface area contributed by atoms with Crippen LogP contribution in [-0.4, -0.2) is 42.1 Å². The van der Waals surface area contributed by atoms with E-state index in [-0.39, 0.29) is 36.7 Å². The highest BCUT2D eigenvalue weighted by Gasteiger charge is 2.25. The Morgan fingerprint density at radius 2 is 1.24 bits per heavy atom. The van der Waals surface area contributed by atoms with E-state index in [9.17, 15) is 19.2 Å². The molecule has 0 saturated carbocycles. The van der Waals surface area contributed by atoms with Gasteiger partial charge in [0.1, 0.15) is 18.2 Å². The van der Waals surface area contributed by atoms with E-state index in [0.29, 0.717) is 24.8 Å². The van der Waals surface area contributed by atoms with Gasteiger partial charge in [-0.15, -0.1) is 0 Å². The lowest BCUT2D eigenvalue weighted by atomic mass is 10.1. The third kappa shape index (κ3) is 13.0. The predicted octanol–water partition coefficient (Wildman–Crippen LogP) is 5.19. The number of ether oxygens (including phenoxy) is 4. The van der Waals surface area contributed by atoms with Gasteiger partial charge >= 0.3 is 23.9 Å². The number of rotatable bonds is 18. The second-order valence-electron chi connectivity index (χ2n) is 9.54. The number of esters is 4. The van der Waals surface area contributed by atoms with Crippen LogP contribution in [0.4, 0.5) is 0 Å². The van der Waals surface area contributed by atoms with Crippen molar-refractivity contribution in [1.82, 2.24) is 0 Å². The molecule has 0 aliphatic heterocycles. The van der Waals surface area contributed by atoms with Gasteiger partial charge in [0.2, 0.25) is 0 Å². The van der Waals surface area contributed by atoms with Gasteiger partial charge in [-0.1, -0.05) is 52.5 Å². The molecular weight excluding hydrogens is 490 g/mol. The normalized spacial score (nSPS) is 13.2. The Hall–Kier alpha value is -2.94. The standard InChI is InChI=1S/C29H45NO8/c1-6-9-12-15-26(31)35-20(4)21(5)36-29(34)23(30)18-22-16-17-24(37-27(32)13-10-7-2)25(19-22)38-28(33)14-11-8-3/h16-17,19-21,23H,6-15,18,30H2,1-5H3/t20?,21-,23-/m0/s1. The third-order valence-electron chi connectivity index (χ3n) is 5.95. The molecular formula is C29H45NO8. The molecule has 0 aliphatic carbocycles. The summed E-state index contributed by atoms with van der Waals surface area (Å²) >= 11 is 0. The summed E-state index contributed by atoms with van der Waals surface area (Å²) in [5.74, 6) is -1.59. The van der Waals surface area contributed by atoms with Gasteiger partial charge in [-0.25, -0.2) is 0 Å². The number of nitrogens with two attached hydrogens (primary N) is 1. The summed E-state index contributed by atoms with van der Waals surface area (Å²) in [4.78, 5) is 49.0. The molecule has 0 amide bonds. The van der Waals surface area contributed by atoms with Crippen LogP contribution in [0.5, 0.6) is 11.5 Å². The first kappa shape index (κ1) is 33.1. The summed E-state index contributed by atoms with van der Waals surface area (Å²) in [6.07, 6.45) is 5.37. The molecule has 38 heavy (non-hydrogen) atoms. The number of carbonyl (C=O) groups is 4. The maximum Gasteiger partial charge on any atom is 0.323 e. The number of carbonyl (C=O) groups excluding carboxylic acids is 4. The second-order valence-corrected chi connectivity index (χ2v) is 9.54. The first-order valence-electron chi connectivity index (χ1n) is 13.8. The fraction of sp³-hybridized carbons (Fsp3) is 0.655. The van der Waals surface area contributed by atoms with Crippen LogP contribution in [0.25, 0.3) is 0 Å². The Bertz CT molecular complexity index is 901. The zero-order valence-corrected chi connectivity index (χ0v) is 23.6. The lowest BCUT2D eigenvalue weighted by molar-refractivity contribution is -0.166. The van der Waals surface area contributed by atoms with Crippen molar-refractivity contribution in [3.8, 4) is 11.5 Å². The minimum absolute atomic E-state index is 0.0975. The van der Waals surface area contributed by atoms with Gasteiger partial charge in [-0.05, 0) is 57.2 Å². The number of hydrogen-bond donors (Lipinski definition) is 1. The molecule has 0 aliphatic rings. The molecule has 1 aromatic carbocycles. The highest BCUT2D eigenvalue weighted by Crippen LogP contribution is 2.30. The van der Waals surface area contributed by atoms with Crippen molar-refractivity contribution < 1.29 is 38.1 Å². The Balaban J connectivity index is 2.83. The Morgan fingerprint density at radius 3 is 1.82 bits per heavy atom. The molecule has 0 saturated heterocycles. The molecule has 0 aromatic heterocycles. The van der Waals surface area contributed by atoms with Gasteiger partial charge in [0.05, 0.1) is 0 Å². The molecule has 0 fully saturated rings. The summed E-state index contributed by atoms with van der Waals surface area (Å²) in [5, 5.41) is 0. The molecule has 0 radical (unpaired) electrons. The van der Waals surface area contributed by atoms with Crippen LogP contribution < -0.4 is 15.2 Å². The fourth-order valence-electron chi connectivity index (χ4n) is 3.42. The molecule has 1 aromatic rings. The SMILES string of the molecule is CCCCCC(=O)OC(C)[C@H](C)OC(=O)[C@@H](N)Cc1ccc(OC(=O)CCCC)c(OC(=O)CCCC)c1. The van der Waals surface area contributed by atoms with Gasteiger partial charge in [0, 0.05) is 19.3 Å². The van der Waals surface area contributed by atoms with Crippen molar-refractivity contribution in [2.75, 3.05) is 0 Å². The van der Waals surface area contributed by atoms with Gasteiger partial charge in [0.15, 0.2) is 11.5 Å². The zero-order valence-electron chi connectivity index (χ0n) is 23.6. The number of hydrogen-bond acceptors (Lipinski definition) is 9. The van der Waals surface area contributed by atoms with E-state index >= 15 is 0 Å². The summed E-state index contributed by atoms with van der Waals surface area (Å²) in [5.41, 5.74) is 6.70. The average molecular weight is 536 g/mol. The van der Waals surface area contributed by atoms with Crippen molar-refractivity contribution in [1.29, 1.82) is 0 Å². The van der Waals surface area contributed by atoms with E-state index < -0.39 is 36.2 Å². The fourth-order valence-corrected chi connectivity index (χ4v) is 3.42. The van der Waals surface area contributed by atoms with E-state index in [0.717, 1.165) is 32.1 Å². The third-order valence-corrected chi connectivity index (χ3v) is 5.95. The smallest absolute Gasteiger partial charge is 0.323 e. The van der Waals surface area contributed by atoms with E-state index in [1.165, 1.54) is 6.07 Å². The maximum absolute atomic E-state index is 12.6. The van der Waals surface area contributed by atoms with E-state index in [1.807, 2.05) is 13.8 Å². The molecule has 9 heteroatoms. The first-order valence-corrected chi connectivity index (χ1v) is 13.8. The minimum atomic E-state index is -1.01. The van der Waals surface area contributed by atoms with Crippen LogP contribution in [0.2, 0.25) is 0 Å². The molecule has 0 heterocycles. The van der Waals surface area contributed by atoms with Crippen LogP contribution in [-0.2, 0) is 35.1 Å². The van der Waals surface area contributed by atoms with E-state index in [1.54, 1.807) is 26.0 Å². The molecule has 2 N–H and O–H groups in total. The largest absolute Gasteiger partial charge is 0.459 e. The highest BCUT2D eigenvalue weighted by atomic mass is 16.6. The van der Waals surface area contributed by atoms with Crippen molar-refractivity contribution in [2.24, 2.45) is 5.73 Å². The van der Waals surface area contributed by atoms with Crippen LogP contribution >= 0.6 is 0 Å². The lowest BCUT2D eigenvalue weighted by Crippen LogP contribution is -2.39. The van der Waals surface area contributed by atoms with Gasteiger partial charge in [0.25, 0.3) is 0 Å². The number of unbranched alkanes of at least 4 members (excludes halogenated alkanes) is 4. The van der Waals surface area contributed by atoms with Crippen LogP contribution in [0.1, 0.15) is 104 Å². The average Bonchev–Trinajstić information content (AvgIpc) is 2.87. The Kier molecular flexibility index (Phi) is 16.0. The van der Waals surface area contributed by atoms with Crippen molar-refractivity contribution in [3.05, 3.63) is 23.8 Å². The van der Waals surface area contributed by atoms with E-state index in [2.05, 4.69) is 6.92 Å². The quantitative estimate of drug-likeness (QED) is 0.153. The summed E-state index contributed by atoms with van der Waals surface area (Å²) in [6, 6.07) is 3.72. The molecule has 9 nitrogen and oxygen atoms in total. The minimum Gasteiger partial charge on any atom is -0.459 e. The summed E-state index contributed by atoms with van der Waals surface area (Å²) < 4.78 is 21.7. The second kappa shape index (κ2) is 18.3. The summed E-state index contributed by atoms with van der Waals surface area (Å²) in [6.45, 7) is 9.30. The lowest BCUT2D eigenvalue weighted by Gasteiger charge is -2.22. The van der Waals surface area contributed by atoms with Crippen LogP contribution in [0, 0.1) is 0 Å². The highest BCUT2D eigenvalue weighted by molar-refractivity contribution is 5.77. The van der Waals surface area contributed by atoms with Crippen LogP contribution in [0.3, 0.4) is 0 Å². The summed E-state index contributed by atoms with van der Waals surface area (Å²) in [7, 11) is 0. The van der Waals surface area contributed by atoms with Crippen molar-refractivity contribution in [2.45, 2.75) is 123 Å². The molecule has 1 unspecified atom stereocenters. The molecule has 214 valence electrons. The topological polar surface area (TPSA) is 131 Å². The maximum atomic E-state index is 12.6. The first-order chi connectivity index (χ1) is 18.1. The molecule has 0 bridgehead atoms. The Morgan fingerprint density at radius 1 is 0.711 bits per heavy atom. The molecule has 0 spiro atoms. The van der Waals surface area contributed by atoms with Gasteiger partial charge in [-0.2, -0.15) is 0 Å². The predicted molar refractivity (Wildman–Crippen MR) is 144 cm³/mol. The molecule has 3 atom stereocenters. The van der Waals surface area contributed by atoms with Gasteiger partial charge < -0.3 is 24.7 Å². The van der Waals surface area contributed by atoms with Gasteiger partial charge in [-0.3, -0.25) is 19.2 Å². The van der Waals surface area contributed by atoms with E-state index in [4.69, 9.17) is 24.7 Å². The number of benzene rings is 1. The van der Waals surface area contributed by atoms with Crippen molar-refractivity contribution >= 4 is 23.9 Å². The molecule has 1 rings (SSSR count). The monoisotopic (exact) mass is 535 g/mol.